The lowest BCUT2D eigenvalue weighted by Gasteiger charge is -2.40. The molecular formula is C46H36O3. The molecule has 238 valence electrons. The smallest absolute Gasteiger partial charge is 0.343 e. The SMILES string of the molecule is C=C=C(Oc1cccc2c1C1CCc3cccc(OC(=O)c4ccc(-c5ccccc5)cc4)c3C1CC2)c1ccc(-c2ccccc2)cc1. The van der Waals surface area contributed by atoms with Gasteiger partial charge in [-0.3, -0.25) is 0 Å². The zero-order chi connectivity index (χ0) is 33.2. The molecule has 8 rings (SSSR count). The van der Waals surface area contributed by atoms with Crippen molar-refractivity contribution in [3.8, 4) is 33.8 Å². The third kappa shape index (κ3) is 6.02. The van der Waals surface area contributed by atoms with E-state index >= 15 is 0 Å². The number of fused-ring (bicyclic) bond motifs is 5. The van der Waals surface area contributed by atoms with E-state index < -0.39 is 0 Å². The molecule has 0 spiro atoms. The fourth-order valence-electron chi connectivity index (χ4n) is 7.69. The van der Waals surface area contributed by atoms with Gasteiger partial charge in [0.15, 0.2) is 5.76 Å². The van der Waals surface area contributed by atoms with Crippen molar-refractivity contribution in [2.24, 2.45) is 0 Å². The average molecular weight is 637 g/mol. The van der Waals surface area contributed by atoms with Crippen LogP contribution in [-0.2, 0) is 12.8 Å². The van der Waals surface area contributed by atoms with Gasteiger partial charge >= 0.3 is 5.97 Å². The zero-order valence-corrected chi connectivity index (χ0v) is 27.3. The maximum absolute atomic E-state index is 13.5. The van der Waals surface area contributed by atoms with Crippen LogP contribution in [0.15, 0.2) is 158 Å². The van der Waals surface area contributed by atoms with E-state index in [1.54, 1.807) is 0 Å². The van der Waals surface area contributed by atoms with E-state index in [2.05, 4.69) is 97.2 Å². The molecule has 2 aliphatic rings. The summed E-state index contributed by atoms with van der Waals surface area (Å²) >= 11 is 0. The van der Waals surface area contributed by atoms with E-state index in [0.717, 1.165) is 59.3 Å². The summed E-state index contributed by atoms with van der Waals surface area (Å²) in [5.74, 6) is 2.24. The zero-order valence-electron chi connectivity index (χ0n) is 27.3. The molecule has 0 aromatic heterocycles. The van der Waals surface area contributed by atoms with Crippen LogP contribution in [0.1, 0.15) is 62.9 Å². The second kappa shape index (κ2) is 13.3. The molecule has 0 heterocycles. The summed E-state index contributed by atoms with van der Waals surface area (Å²) in [6.45, 7) is 3.99. The summed E-state index contributed by atoms with van der Waals surface area (Å²) < 4.78 is 12.9. The minimum atomic E-state index is -0.339. The Bertz CT molecular complexity index is 2170. The predicted octanol–water partition coefficient (Wildman–Crippen LogP) is 11.2. The Morgan fingerprint density at radius 3 is 1.45 bits per heavy atom. The molecule has 49 heavy (non-hydrogen) atoms. The van der Waals surface area contributed by atoms with Crippen LogP contribution in [0.3, 0.4) is 0 Å². The molecular weight excluding hydrogens is 601 g/mol. The van der Waals surface area contributed by atoms with Gasteiger partial charge in [-0.15, -0.1) is 0 Å². The third-order valence-corrected chi connectivity index (χ3v) is 10.0. The van der Waals surface area contributed by atoms with Gasteiger partial charge in [-0.05, 0) is 107 Å². The summed E-state index contributed by atoms with van der Waals surface area (Å²) in [5.41, 5.74) is 14.0. The lowest BCUT2D eigenvalue weighted by molar-refractivity contribution is 0.0731. The van der Waals surface area contributed by atoms with Crippen LogP contribution in [0, 0.1) is 0 Å². The number of aryl methyl sites for hydroxylation is 2. The van der Waals surface area contributed by atoms with Crippen molar-refractivity contribution < 1.29 is 14.3 Å². The van der Waals surface area contributed by atoms with Crippen molar-refractivity contribution in [2.45, 2.75) is 37.5 Å². The summed E-state index contributed by atoms with van der Waals surface area (Å²) in [6, 6.07) is 49.1. The normalized spacial score (nSPS) is 15.9. The molecule has 2 unspecified atom stereocenters. The number of carbonyl (C=O) groups is 1. The minimum Gasteiger partial charge on any atom is -0.448 e. The quantitative estimate of drug-likeness (QED) is 0.0757. The number of benzene rings is 6. The fraction of sp³-hybridized carbons (Fsp3) is 0.130. The number of esters is 1. The Labute approximate surface area is 287 Å². The van der Waals surface area contributed by atoms with Gasteiger partial charge in [-0.1, -0.05) is 122 Å². The Morgan fingerprint density at radius 1 is 0.510 bits per heavy atom. The first kappa shape index (κ1) is 30.4. The second-order valence-corrected chi connectivity index (χ2v) is 12.8. The first-order valence-corrected chi connectivity index (χ1v) is 17.0. The van der Waals surface area contributed by atoms with Crippen molar-refractivity contribution in [2.75, 3.05) is 0 Å². The second-order valence-electron chi connectivity index (χ2n) is 12.8. The lowest BCUT2D eigenvalue weighted by Crippen LogP contribution is -2.26. The van der Waals surface area contributed by atoms with Crippen LogP contribution in [0.5, 0.6) is 11.5 Å². The lowest BCUT2D eigenvalue weighted by atomic mass is 9.65. The van der Waals surface area contributed by atoms with Gasteiger partial charge < -0.3 is 9.47 Å². The van der Waals surface area contributed by atoms with Crippen molar-refractivity contribution in [1.82, 2.24) is 0 Å². The summed E-state index contributed by atoms with van der Waals surface area (Å²) in [4.78, 5) is 13.5. The number of hydrogen-bond acceptors (Lipinski definition) is 3. The van der Waals surface area contributed by atoms with Gasteiger partial charge in [0, 0.05) is 16.7 Å². The molecule has 0 saturated carbocycles. The van der Waals surface area contributed by atoms with Gasteiger partial charge in [0.1, 0.15) is 11.5 Å². The molecule has 2 atom stereocenters. The van der Waals surface area contributed by atoms with Gasteiger partial charge in [-0.25, -0.2) is 4.79 Å². The molecule has 0 saturated heterocycles. The Hall–Kier alpha value is -5.89. The van der Waals surface area contributed by atoms with E-state index in [4.69, 9.17) is 9.47 Å². The van der Waals surface area contributed by atoms with Gasteiger partial charge in [-0.2, -0.15) is 0 Å². The molecule has 0 aliphatic heterocycles. The topological polar surface area (TPSA) is 35.5 Å². The molecule has 3 heteroatoms. The van der Waals surface area contributed by atoms with Crippen LogP contribution in [0.4, 0.5) is 0 Å². The number of hydrogen-bond donors (Lipinski definition) is 0. The van der Waals surface area contributed by atoms with Gasteiger partial charge in [0.2, 0.25) is 0 Å². The van der Waals surface area contributed by atoms with Crippen LogP contribution >= 0.6 is 0 Å². The van der Waals surface area contributed by atoms with E-state index in [1.807, 2.05) is 60.7 Å². The molecule has 3 nitrogen and oxygen atoms in total. The molecule has 0 bridgehead atoms. The van der Waals surface area contributed by atoms with E-state index in [9.17, 15) is 4.79 Å². The first-order valence-electron chi connectivity index (χ1n) is 17.0. The van der Waals surface area contributed by atoms with Gasteiger partial charge in [0.25, 0.3) is 0 Å². The molecule has 2 aliphatic carbocycles. The van der Waals surface area contributed by atoms with Crippen molar-refractivity contribution in [1.29, 1.82) is 0 Å². The Morgan fingerprint density at radius 2 is 0.959 bits per heavy atom. The van der Waals surface area contributed by atoms with E-state index in [1.165, 1.54) is 22.3 Å². The third-order valence-electron chi connectivity index (χ3n) is 10.0. The Kier molecular flexibility index (Phi) is 8.27. The summed E-state index contributed by atoms with van der Waals surface area (Å²) in [6.07, 6.45) is 3.82. The molecule has 0 fully saturated rings. The van der Waals surface area contributed by atoms with Crippen LogP contribution in [-0.4, -0.2) is 5.97 Å². The maximum atomic E-state index is 13.5. The highest BCUT2D eigenvalue weighted by molar-refractivity contribution is 5.92. The fourth-order valence-corrected chi connectivity index (χ4v) is 7.69. The molecule has 0 amide bonds. The highest BCUT2D eigenvalue weighted by atomic mass is 16.5. The number of carbonyl (C=O) groups excluding carboxylic acids is 1. The highest BCUT2D eigenvalue weighted by Crippen LogP contribution is 2.54. The summed E-state index contributed by atoms with van der Waals surface area (Å²) in [5, 5.41) is 0. The first-order chi connectivity index (χ1) is 24.2. The largest absolute Gasteiger partial charge is 0.448 e. The summed E-state index contributed by atoms with van der Waals surface area (Å²) in [7, 11) is 0. The minimum absolute atomic E-state index is 0.215. The van der Waals surface area contributed by atoms with E-state index in [-0.39, 0.29) is 17.8 Å². The average Bonchev–Trinajstić information content (AvgIpc) is 3.17. The number of ether oxygens (including phenoxy) is 2. The van der Waals surface area contributed by atoms with E-state index in [0.29, 0.717) is 17.1 Å². The van der Waals surface area contributed by atoms with Crippen LogP contribution in [0.25, 0.3) is 28.0 Å². The van der Waals surface area contributed by atoms with Crippen molar-refractivity contribution in [3.63, 3.8) is 0 Å². The van der Waals surface area contributed by atoms with Crippen LogP contribution < -0.4 is 9.47 Å². The molecule has 6 aromatic rings. The maximum Gasteiger partial charge on any atom is 0.343 e. The van der Waals surface area contributed by atoms with Crippen LogP contribution in [0.2, 0.25) is 0 Å². The Balaban J connectivity index is 1.06. The van der Waals surface area contributed by atoms with Crippen molar-refractivity contribution >= 4 is 11.7 Å². The molecule has 0 N–H and O–H groups in total. The van der Waals surface area contributed by atoms with Gasteiger partial charge in [0.05, 0.1) is 5.56 Å². The molecule has 0 radical (unpaired) electrons. The predicted molar refractivity (Wildman–Crippen MR) is 197 cm³/mol. The van der Waals surface area contributed by atoms with Crippen molar-refractivity contribution in [3.05, 3.63) is 191 Å². The monoisotopic (exact) mass is 636 g/mol. The number of rotatable bonds is 7. The molecule has 6 aromatic carbocycles. The standard InChI is InChI=1S/C46H36O3/c1-2-41(35-23-19-33(20-24-35)31-11-5-3-6-12-31)48-42-17-9-15-36-27-30-40-39(44(36)42)29-28-37-16-10-18-43(45(37)40)49-46(47)38-25-21-34(22-26-38)32-13-7-4-8-14-32/h3-26,39-40H,1,27-30H2. The highest BCUT2D eigenvalue weighted by Gasteiger charge is 2.39.